The molecule has 0 heterocycles. The molecule has 1 aromatic rings. The van der Waals surface area contributed by atoms with Gasteiger partial charge in [-0.25, -0.2) is 5.43 Å². The van der Waals surface area contributed by atoms with Gasteiger partial charge in [0.05, 0.1) is 12.3 Å². The fourth-order valence-electron chi connectivity index (χ4n) is 1.08. The molecular weight excluding hydrogens is 244 g/mol. The average Bonchev–Trinajstić information content (AvgIpc) is 2.31. The lowest BCUT2D eigenvalue weighted by Gasteiger charge is -2.06. The predicted octanol–water partition coefficient (Wildman–Crippen LogP) is 1.65. The van der Waals surface area contributed by atoms with Gasteiger partial charge in [-0.05, 0) is 12.1 Å². The number of alkyl halides is 2. The minimum atomic E-state index is -2.94. The topological polar surface area (TPSA) is 74.5 Å². The maximum Gasteiger partial charge on any atom is 0.387 e. The molecule has 7 heteroatoms. The van der Waals surface area contributed by atoms with Gasteiger partial charge in [0.1, 0.15) is 12.2 Å². The van der Waals surface area contributed by atoms with Crippen molar-refractivity contribution in [2.45, 2.75) is 13.0 Å². The van der Waals surface area contributed by atoms with Crippen molar-refractivity contribution in [1.82, 2.24) is 5.43 Å². The van der Waals surface area contributed by atoms with Gasteiger partial charge in [0.15, 0.2) is 0 Å². The summed E-state index contributed by atoms with van der Waals surface area (Å²) in [6.45, 7) is -2.94. The first-order valence-corrected chi connectivity index (χ1v) is 4.86. The highest BCUT2D eigenvalue weighted by atomic mass is 19.3. The van der Waals surface area contributed by atoms with Crippen molar-refractivity contribution in [2.75, 3.05) is 0 Å². The molecular formula is C11H9F2N3O2. The Balaban J connectivity index is 2.69. The van der Waals surface area contributed by atoms with E-state index in [2.05, 4.69) is 15.3 Å². The lowest BCUT2D eigenvalue weighted by molar-refractivity contribution is -0.120. The molecule has 0 fully saturated rings. The minimum absolute atomic E-state index is 0.0502. The smallest absolute Gasteiger partial charge is 0.387 e. The number of carbonyl (C=O) groups excluding carboxylic acids is 1. The summed E-state index contributed by atoms with van der Waals surface area (Å²) in [6.07, 6.45) is 0.833. The summed E-state index contributed by atoms with van der Waals surface area (Å²) >= 11 is 0. The Morgan fingerprint density at radius 3 is 2.94 bits per heavy atom. The molecule has 1 amide bonds. The average molecular weight is 253 g/mol. The Kier molecular flexibility index (Phi) is 5.25. The molecule has 0 aliphatic carbocycles. The van der Waals surface area contributed by atoms with Crippen LogP contribution in [0.1, 0.15) is 12.0 Å². The van der Waals surface area contributed by atoms with E-state index in [1.165, 1.54) is 18.2 Å². The zero-order valence-corrected chi connectivity index (χ0v) is 9.14. The monoisotopic (exact) mass is 253 g/mol. The molecule has 1 N–H and O–H groups in total. The van der Waals surface area contributed by atoms with Gasteiger partial charge < -0.3 is 4.74 Å². The van der Waals surface area contributed by atoms with Crippen LogP contribution in [0.2, 0.25) is 0 Å². The largest absolute Gasteiger partial charge is 0.434 e. The number of ether oxygens (including phenoxy) is 1. The van der Waals surface area contributed by atoms with Crippen molar-refractivity contribution < 1.29 is 18.3 Å². The Morgan fingerprint density at radius 2 is 2.28 bits per heavy atom. The number of hydrogen-bond donors (Lipinski definition) is 1. The highest BCUT2D eigenvalue weighted by molar-refractivity contribution is 5.85. The number of nitrogens with zero attached hydrogens (tertiary/aromatic N) is 2. The van der Waals surface area contributed by atoms with Crippen molar-refractivity contribution >= 4 is 12.1 Å². The van der Waals surface area contributed by atoms with E-state index in [0.29, 0.717) is 0 Å². The Morgan fingerprint density at radius 1 is 1.56 bits per heavy atom. The third-order valence-electron chi connectivity index (χ3n) is 1.77. The Labute approximate surface area is 102 Å². The number of rotatable bonds is 5. The molecule has 0 unspecified atom stereocenters. The predicted molar refractivity (Wildman–Crippen MR) is 59.0 cm³/mol. The minimum Gasteiger partial charge on any atom is -0.434 e. The number of benzene rings is 1. The molecule has 0 saturated heterocycles. The zero-order chi connectivity index (χ0) is 13.4. The number of amides is 1. The van der Waals surface area contributed by atoms with Gasteiger partial charge in [-0.2, -0.15) is 19.1 Å². The number of nitrogens with one attached hydrogen (secondary N) is 1. The quantitative estimate of drug-likeness (QED) is 0.640. The molecule has 0 aliphatic rings. The lowest BCUT2D eigenvalue weighted by atomic mass is 10.2. The van der Waals surface area contributed by atoms with E-state index in [1.807, 2.05) is 0 Å². The molecule has 0 radical (unpaired) electrons. The van der Waals surface area contributed by atoms with Crippen molar-refractivity contribution in [3.05, 3.63) is 29.8 Å². The molecule has 1 rings (SSSR count). The van der Waals surface area contributed by atoms with Crippen molar-refractivity contribution in [3.8, 4) is 11.8 Å². The van der Waals surface area contributed by atoms with Crippen molar-refractivity contribution in [1.29, 1.82) is 5.26 Å². The maximum absolute atomic E-state index is 12.1. The summed E-state index contributed by atoms with van der Waals surface area (Å²) in [7, 11) is 0. The van der Waals surface area contributed by atoms with Gasteiger partial charge in [-0.3, -0.25) is 4.79 Å². The summed E-state index contributed by atoms with van der Waals surface area (Å²) < 4.78 is 28.4. The first-order valence-electron chi connectivity index (χ1n) is 4.86. The summed E-state index contributed by atoms with van der Waals surface area (Å²) in [4.78, 5) is 10.9. The Bertz CT molecular complexity index is 483. The first kappa shape index (κ1) is 13.6. The third-order valence-corrected chi connectivity index (χ3v) is 1.77. The van der Waals surface area contributed by atoms with Crippen LogP contribution in [0, 0.1) is 11.3 Å². The number of nitriles is 1. The number of hydrazone groups is 1. The molecule has 0 aromatic heterocycles. The fourth-order valence-corrected chi connectivity index (χ4v) is 1.08. The van der Waals surface area contributed by atoms with E-state index >= 15 is 0 Å². The standard InChI is InChI=1S/C11H9F2N3O2/c12-11(13)18-9-4-2-1-3-8(9)7-15-16-10(17)5-6-14/h1-4,7,11H,5H2,(H,16,17)/b15-7+. The van der Waals surface area contributed by atoms with E-state index in [4.69, 9.17) is 5.26 Å². The summed E-state index contributed by atoms with van der Waals surface area (Å²) in [5.74, 6) is -0.633. The van der Waals surface area contributed by atoms with Crippen LogP contribution in [0.25, 0.3) is 0 Å². The first-order chi connectivity index (χ1) is 8.63. The number of hydrogen-bond acceptors (Lipinski definition) is 4. The van der Waals surface area contributed by atoms with Crippen LogP contribution >= 0.6 is 0 Å². The lowest BCUT2D eigenvalue weighted by Crippen LogP contribution is -2.16. The van der Waals surface area contributed by atoms with Gasteiger partial charge in [0.2, 0.25) is 0 Å². The highest BCUT2D eigenvalue weighted by Crippen LogP contribution is 2.18. The SMILES string of the molecule is N#CCC(=O)N/N=C/c1ccccc1OC(F)F. The fraction of sp³-hybridized carbons (Fsp3) is 0.182. The number of carbonyl (C=O) groups is 1. The van der Waals surface area contributed by atoms with Gasteiger partial charge in [0, 0.05) is 5.56 Å². The van der Waals surface area contributed by atoms with Crippen LogP contribution in [-0.4, -0.2) is 18.7 Å². The molecule has 0 spiro atoms. The summed E-state index contributed by atoms with van der Waals surface area (Å²) in [5.41, 5.74) is 2.36. The van der Waals surface area contributed by atoms with Gasteiger partial charge >= 0.3 is 6.61 Å². The van der Waals surface area contributed by atoms with Crippen LogP contribution < -0.4 is 10.2 Å². The normalized spacial score (nSPS) is 10.3. The third kappa shape index (κ3) is 4.57. The second kappa shape index (κ2) is 6.96. The van der Waals surface area contributed by atoms with Gasteiger partial charge in [-0.15, -0.1) is 0 Å². The van der Waals surface area contributed by atoms with Gasteiger partial charge in [-0.1, -0.05) is 12.1 Å². The van der Waals surface area contributed by atoms with E-state index < -0.39 is 12.5 Å². The summed E-state index contributed by atoms with van der Waals surface area (Å²) in [5, 5.41) is 11.8. The molecule has 0 aliphatic heterocycles. The van der Waals surface area contributed by atoms with E-state index in [9.17, 15) is 13.6 Å². The van der Waals surface area contributed by atoms with Crippen molar-refractivity contribution in [3.63, 3.8) is 0 Å². The van der Waals surface area contributed by atoms with Crippen LogP contribution in [0.5, 0.6) is 5.75 Å². The molecule has 18 heavy (non-hydrogen) atoms. The zero-order valence-electron chi connectivity index (χ0n) is 9.14. The highest BCUT2D eigenvalue weighted by Gasteiger charge is 2.07. The van der Waals surface area contributed by atoms with E-state index in [0.717, 1.165) is 6.21 Å². The molecule has 0 atom stereocenters. The van der Waals surface area contributed by atoms with Crippen LogP contribution in [0.3, 0.4) is 0 Å². The molecule has 94 valence electrons. The Hall–Kier alpha value is -2.49. The second-order valence-corrected chi connectivity index (χ2v) is 3.04. The summed E-state index contributed by atoms with van der Waals surface area (Å²) in [6, 6.07) is 7.63. The number of halogens is 2. The molecule has 0 bridgehead atoms. The maximum atomic E-state index is 12.1. The van der Waals surface area contributed by atoms with Crippen molar-refractivity contribution in [2.24, 2.45) is 5.10 Å². The van der Waals surface area contributed by atoms with E-state index in [-0.39, 0.29) is 17.7 Å². The molecule has 1 aromatic carbocycles. The van der Waals surface area contributed by atoms with Gasteiger partial charge in [0.25, 0.3) is 5.91 Å². The second-order valence-electron chi connectivity index (χ2n) is 3.04. The van der Waals surface area contributed by atoms with Crippen LogP contribution in [0.15, 0.2) is 29.4 Å². The van der Waals surface area contributed by atoms with Crippen LogP contribution in [-0.2, 0) is 4.79 Å². The molecule has 5 nitrogen and oxygen atoms in total. The molecule has 0 saturated carbocycles. The van der Waals surface area contributed by atoms with Crippen LogP contribution in [0.4, 0.5) is 8.78 Å². The number of para-hydroxylation sites is 1. The van der Waals surface area contributed by atoms with E-state index in [1.54, 1.807) is 12.1 Å².